The second kappa shape index (κ2) is 6.28. The van der Waals surface area contributed by atoms with E-state index >= 15 is 0 Å². The van der Waals surface area contributed by atoms with Crippen LogP contribution < -0.4 is 10.6 Å². The fraction of sp³-hybridized carbons (Fsp3) is 0.500. The van der Waals surface area contributed by atoms with Gasteiger partial charge in [0.2, 0.25) is 0 Å². The summed E-state index contributed by atoms with van der Waals surface area (Å²) >= 11 is 15.5. The third-order valence-electron chi connectivity index (χ3n) is 2.13. The summed E-state index contributed by atoms with van der Waals surface area (Å²) in [6.45, 7) is 8.08. The van der Waals surface area contributed by atoms with Crippen LogP contribution in [0.4, 0.5) is 5.69 Å². The number of anilines is 1. The van der Waals surface area contributed by atoms with Crippen molar-refractivity contribution in [2.75, 3.05) is 18.4 Å². The highest BCUT2D eigenvalue weighted by molar-refractivity contribution is 9.10. The molecule has 0 spiro atoms. The highest BCUT2D eigenvalue weighted by Gasteiger charge is 2.09. The van der Waals surface area contributed by atoms with Crippen LogP contribution in [0.5, 0.6) is 0 Å². The summed E-state index contributed by atoms with van der Waals surface area (Å²) in [6.07, 6.45) is 0. The topological polar surface area (TPSA) is 24.1 Å². The average molecular weight is 340 g/mol. The first kappa shape index (κ1) is 15.1. The number of rotatable bonds is 4. The van der Waals surface area contributed by atoms with Gasteiger partial charge < -0.3 is 10.6 Å². The number of hydrogen-bond donors (Lipinski definition) is 2. The fourth-order valence-electron chi connectivity index (χ4n) is 1.30. The van der Waals surface area contributed by atoms with Crippen LogP contribution in [0.1, 0.15) is 20.8 Å². The summed E-state index contributed by atoms with van der Waals surface area (Å²) < 4.78 is 0.808. The molecule has 0 heterocycles. The molecule has 1 rings (SSSR count). The van der Waals surface area contributed by atoms with Gasteiger partial charge in [-0.3, -0.25) is 0 Å². The Balaban J connectivity index is 2.51. The van der Waals surface area contributed by atoms with Gasteiger partial charge in [-0.25, -0.2) is 0 Å². The van der Waals surface area contributed by atoms with E-state index in [1.54, 1.807) is 0 Å². The smallest absolute Gasteiger partial charge is 0.0835 e. The Morgan fingerprint density at radius 2 is 1.76 bits per heavy atom. The summed E-state index contributed by atoms with van der Waals surface area (Å²) in [5.74, 6) is 0. The zero-order valence-corrected chi connectivity index (χ0v) is 13.3. The number of halogens is 3. The summed E-state index contributed by atoms with van der Waals surface area (Å²) in [4.78, 5) is 0. The van der Waals surface area contributed by atoms with Gasteiger partial charge >= 0.3 is 0 Å². The van der Waals surface area contributed by atoms with E-state index in [1.807, 2.05) is 12.1 Å². The zero-order chi connectivity index (χ0) is 13.1. The Morgan fingerprint density at radius 1 is 1.12 bits per heavy atom. The predicted octanol–water partition coefficient (Wildman–Crippen LogP) is 4.56. The molecule has 1 aromatic rings. The Kier molecular flexibility index (Phi) is 5.58. The first-order valence-corrected chi connectivity index (χ1v) is 6.98. The number of benzene rings is 1. The van der Waals surface area contributed by atoms with Crippen LogP contribution in [0.25, 0.3) is 0 Å². The molecule has 0 saturated heterocycles. The van der Waals surface area contributed by atoms with E-state index < -0.39 is 0 Å². The lowest BCUT2D eigenvalue weighted by Crippen LogP contribution is -2.38. The van der Waals surface area contributed by atoms with E-state index in [0.717, 1.165) is 23.2 Å². The minimum absolute atomic E-state index is 0.128. The first-order chi connectivity index (χ1) is 7.81. The summed E-state index contributed by atoms with van der Waals surface area (Å²) in [6, 6.07) is 3.79. The van der Waals surface area contributed by atoms with Gasteiger partial charge in [0.05, 0.1) is 15.7 Å². The Morgan fingerprint density at radius 3 is 2.35 bits per heavy atom. The largest absolute Gasteiger partial charge is 0.383 e. The lowest BCUT2D eigenvalue weighted by atomic mass is 10.1. The van der Waals surface area contributed by atoms with E-state index in [1.165, 1.54) is 0 Å². The maximum Gasteiger partial charge on any atom is 0.0835 e. The highest BCUT2D eigenvalue weighted by Crippen LogP contribution is 2.35. The maximum atomic E-state index is 6.12. The van der Waals surface area contributed by atoms with Gasteiger partial charge in [-0.1, -0.05) is 23.2 Å². The fourth-order valence-corrected chi connectivity index (χ4v) is 2.14. The molecule has 5 heteroatoms. The monoisotopic (exact) mass is 338 g/mol. The van der Waals surface area contributed by atoms with Crippen molar-refractivity contribution in [1.82, 2.24) is 5.32 Å². The van der Waals surface area contributed by atoms with E-state index in [4.69, 9.17) is 23.2 Å². The van der Waals surface area contributed by atoms with E-state index in [9.17, 15) is 0 Å². The van der Waals surface area contributed by atoms with Crippen molar-refractivity contribution < 1.29 is 0 Å². The minimum atomic E-state index is 0.128. The average Bonchev–Trinajstić information content (AvgIpc) is 2.22. The third kappa shape index (κ3) is 5.04. The van der Waals surface area contributed by atoms with Crippen molar-refractivity contribution in [2.24, 2.45) is 0 Å². The lowest BCUT2D eigenvalue weighted by Gasteiger charge is -2.21. The zero-order valence-electron chi connectivity index (χ0n) is 10.2. The van der Waals surface area contributed by atoms with Crippen LogP contribution in [-0.4, -0.2) is 18.6 Å². The van der Waals surface area contributed by atoms with E-state index in [-0.39, 0.29) is 5.54 Å². The molecule has 0 aliphatic heterocycles. The number of hydrogen-bond acceptors (Lipinski definition) is 2. The van der Waals surface area contributed by atoms with Crippen molar-refractivity contribution in [3.63, 3.8) is 0 Å². The molecule has 0 aliphatic rings. The van der Waals surface area contributed by atoms with E-state index in [0.29, 0.717) is 10.0 Å². The van der Waals surface area contributed by atoms with Gasteiger partial charge in [0.15, 0.2) is 0 Å². The number of nitrogens with one attached hydrogen (secondary N) is 2. The molecule has 2 nitrogen and oxygen atoms in total. The molecule has 0 saturated carbocycles. The van der Waals surface area contributed by atoms with Crippen LogP contribution in [0.2, 0.25) is 10.0 Å². The molecule has 0 aromatic heterocycles. The maximum absolute atomic E-state index is 6.12. The molecular formula is C12H17BrCl2N2. The molecule has 1 aromatic carbocycles. The third-order valence-corrected chi connectivity index (χ3v) is 3.90. The SMILES string of the molecule is CC(C)(C)NCCNc1ccc(Br)c(Cl)c1Cl. The molecular weight excluding hydrogens is 323 g/mol. The van der Waals surface area contributed by atoms with Gasteiger partial charge in [0.25, 0.3) is 0 Å². The van der Waals surface area contributed by atoms with Gasteiger partial charge in [-0.2, -0.15) is 0 Å². The normalized spacial score (nSPS) is 11.6. The van der Waals surface area contributed by atoms with Crippen LogP contribution in [-0.2, 0) is 0 Å². The van der Waals surface area contributed by atoms with Gasteiger partial charge in [-0.05, 0) is 48.8 Å². The molecule has 0 amide bonds. The summed E-state index contributed by atoms with van der Waals surface area (Å²) in [7, 11) is 0. The predicted molar refractivity (Wildman–Crippen MR) is 80.4 cm³/mol. The Labute approximate surface area is 121 Å². The second-order valence-electron chi connectivity index (χ2n) is 4.83. The molecule has 0 bridgehead atoms. The first-order valence-electron chi connectivity index (χ1n) is 5.43. The molecule has 0 fully saturated rings. The summed E-state index contributed by atoms with van der Waals surface area (Å²) in [5, 5.41) is 7.74. The van der Waals surface area contributed by atoms with Gasteiger partial charge in [0, 0.05) is 23.1 Å². The molecule has 0 atom stereocenters. The standard InChI is InChI=1S/C12H17BrCl2N2/c1-12(2,3)17-7-6-16-9-5-4-8(13)10(14)11(9)15/h4-5,16-17H,6-7H2,1-3H3. The van der Waals surface area contributed by atoms with Crippen molar-refractivity contribution in [1.29, 1.82) is 0 Å². The molecule has 0 radical (unpaired) electrons. The summed E-state index contributed by atoms with van der Waals surface area (Å²) in [5.41, 5.74) is 0.985. The Bertz CT molecular complexity index is 389. The van der Waals surface area contributed by atoms with Crippen molar-refractivity contribution >= 4 is 44.8 Å². The minimum Gasteiger partial charge on any atom is -0.383 e. The molecule has 0 aliphatic carbocycles. The van der Waals surface area contributed by atoms with Crippen molar-refractivity contribution in [3.05, 3.63) is 26.7 Å². The van der Waals surface area contributed by atoms with E-state index in [2.05, 4.69) is 47.3 Å². The van der Waals surface area contributed by atoms with Crippen molar-refractivity contribution in [3.8, 4) is 0 Å². The van der Waals surface area contributed by atoms with Crippen LogP contribution in [0, 0.1) is 0 Å². The second-order valence-corrected chi connectivity index (χ2v) is 6.44. The quantitative estimate of drug-likeness (QED) is 0.620. The Hall–Kier alpha value is 0.0400. The van der Waals surface area contributed by atoms with Gasteiger partial charge in [0.1, 0.15) is 0 Å². The van der Waals surface area contributed by atoms with Crippen molar-refractivity contribution in [2.45, 2.75) is 26.3 Å². The lowest BCUT2D eigenvalue weighted by molar-refractivity contribution is 0.435. The van der Waals surface area contributed by atoms with Crippen LogP contribution >= 0.6 is 39.1 Å². The highest BCUT2D eigenvalue weighted by atomic mass is 79.9. The van der Waals surface area contributed by atoms with Gasteiger partial charge in [-0.15, -0.1) is 0 Å². The molecule has 17 heavy (non-hydrogen) atoms. The van der Waals surface area contributed by atoms with Crippen LogP contribution in [0.15, 0.2) is 16.6 Å². The van der Waals surface area contributed by atoms with Crippen LogP contribution in [0.3, 0.4) is 0 Å². The molecule has 96 valence electrons. The molecule has 0 unspecified atom stereocenters. The molecule has 2 N–H and O–H groups in total.